The van der Waals surface area contributed by atoms with Gasteiger partial charge in [0.15, 0.2) is 0 Å². The van der Waals surface area contributed by atoms with Crippen LogP contribution in [0.5, 0.6) is 5.75 Å². The molecule has 0 atom stereocenters. The van der Waals surface area contributed by atoms with E-state index in [2.05, 4.69) is 23.1 Å². The largest absolute Gasteiger partial charge is 0.494 e. The smallest absolute Gasteiger partial charge is 0.225 e. The van der Waals surface area contributed by atoms with Gasteiger partial charge in [0.2, 0.25) is 5.91 Å². The van der Waals surface area contributed by atoms with Crippen molar-refractivity contribution in [1.82, 2.24) is 9.80 Å². The summed E-state index contributed by atoms with van der Waals surface area (Å²) in [6.07, 6.45) is 8.34. The van der Waals surface area contributed by atoms with Gasteiger partial charge in [-0.1, -0.05) is 12.5 Å². The number of hydrogen-bond donors (Lipinski definition) is 0. The molecule has 0 N–H and O–H groups in total. The summed E-state index contributed by atoms with van der Waals surface area (Å²) in [7, 11) is 0. The van der Waals surface area contributed by atoms with Crippen molar-refractivity contribution in [1.29, 1.82) is 0 Å². The summed E-state index contributed by atoms with van der Waals surface area (Å²) in [6, 6.07) is 6.42. The number of piperidine rings is 1. The van der Waals surface area contributed by atoms with Gasteiger partial charge in [0.25, 0.3) is 0 Å². The van der Waals surface area contributed by atoms with Crippen LogP contribution in [-0.4, -0.2) is 48.5 Å². The fourth-order valence-corrected chi connectivity index (χ4v) is 4.06. The molecule has 1 saturated carbocycles. The number of amides is 1. The van der Waals surface area contributed by atoms with Crippen LogP contribution in [0.4, 0.5) is 0 Å². The molecule has 2 aliphatic heterocycles. The minimum atomic E-state index is 0.323. The average molecular weight is 342 g/mol. The van der Waals surface area contributed by atoms with Crippen LogP contribution in [0.25, 0.3) is 0 Å². The average Bonchev–Trinajstić information content (AvgIpc) is 3.50. The van der Waals surface area contributed by atoms with E-state index >= 15 is 0 Å². The zero-order valence-corrected chi connectivity index (χ0v) is 15.2. The summed E-state index contributed by atoms with van der Waals surface area (Å²) in [4.78, 5) is 16.8. The normalized spacial score (nSPS) is 21.0. The Balaban J connectivity index is 1.24. The molecule has 1 aromatic rings. The van der Waals surface area contributed by atoms with Crippen molar-refractivity contribution in [2.75, 3.05) is 32.8 Å². The molecule has 1 saturated heterocycles. The van der Waals surface area contributed by atoms with Crippen LogP contribution in [0.15, 0.2) is 18.2 Å². The standard InChI is InChI=1S/C21H30N2O2/c24-21(17-5-6-17)23-13-9-18-15-20(8-7-19(18)16-23)25-14-4-12-22-10-2-1-3-11-22/h7-8,15,17H,1-6,9-14,16H2. The second-order valence-corrected chi connectivity index (χ2v) is 7.82. The van der Waals surface area contributed by atoms with Crippen molar-refractivity contribution >= 4 is 5.91 Å². The second-order valence-electron chi connectivity index (χ2n) is 7.82. The zero-order chi connectivity index (χ0) is 17.1. The third-order valence-corrected chi connectivity index (χ3v) is 5.76. The number of rotatable bonds is 6. The van der Waals surface area contributed by atoms with Crippen LogP contribution in [0.3, 0.4) is 0 Å². The van der Waals surface area contributed by atoms with E-state index in [1.807, 2.05) is 4.90 Å². The maximum atomic E-state index is 12.2. The number of carbonyl (C=O) groups excluding carboxylic acids is 1. The van der Waals surface area contributed by atoms with Crippen molar-refractivity contribution in [3.05, 3.63) is 29.3 Å². The van der Waals surface area contributed by atoms with Gasteiger partial charge in [-0.15, -0.1) is 0 Å². The van der Waals surface area contributed by atoms with Gasteiger partial charge >= 0.3 is 0 Å². The van der Waals surface area contributed by atoms with Gasteiger partial charge < -0.3 is 14.5 Å². The van der Waals surface area contributed by atoms with Crippen LogP contribution in [0.2, 0.25) is 0 Å². The maximum absolute atomic E-state index is 12.2. The predicted molar refractivity (Wildman–Crippen MR) is 98.7 cm³/mol. The van der Waals surface area contributed by atoms with Crippen molar-refractivity contribution in [2.24, 2.45) is 5.92 Å². The summed E-state index contributed by atoms with van der Waals surface area (Å²) in [6.45, 7) is 6.11. The quantitative estimate of drug-likeness (QED) is 0.744. The van der Waals surface area contributed by atoms with Gasteiger partial charge in [0.1, 0.15) is 5.75 Å². The molecule has 4 rings (SSSR count). The Kier molecular flexibility index (Phi) is 5.25. The van der Waals surface area contributed by atoms with Crippen LogP contribution in [0, 0.1) is 5.92 Å². The lowest BCUT2D eigenvalue weighted by Gasteiger charge is -2.29. The Morgan fingerprint density at radius 3 is 2.72 bits per heavy atom. The number of carbonyl (C=O) groups is 1. The van der Waals surface area contributed by atoms with E-state index in [4.69, 9.17) is 4.74 Å². The highest BCUT2D eigenvalue weighted by Crippen LogP contribution is 2.33. The van der Waals surface area contributed by atoms with Gasteiger partial charge in [-0.05, 0) is 74.9 Å². The number of fused-ring (bicyclic) bond motifs is 1. The van der Waals surface area contributed by atoms with E-state index in [1.165, 1.54) is 43.5 Å². The highest BCUT2D eigenvalue weighted by Gasteiger charge is 2.34. The molecule has 2 heterocycles. The van der Waals surface area contributed by atoms with Crippen LogP contribution >= 0.6 is 0 Å². The summed E-state index contributed by atoms with van der Waals surface area (Å²) >= 11 is 0. The van der Waals surface area contributed by atoms with Gasteiger partial charge in [-0.3, -0.25) is 4.79 Å². The molecule has 2 fully saturated rings. The topological polar surface area (TPSA) is 32.8 Å². The summed E-state index contributed by atoms with van der Waals surface area (Å²) in [5.74, 6) is 1.67. The van der Waals surface area contributed by atoms with Crippen molar-refractivity contribution in [3.63, 3.8) is 0 Å². The summed E-state index contributed by atoms with van der Waals surface area (Å²) < 4.78 is 5.98. The van der Waals surface area contributed by atoms with Crippen LogP contribution in [0.1, 0.15) is 49.7 Å². The molecule has 0 radical (unpaired) electrons. The Bertz CT molecular complexity index is 606. The predicted octanol–water partition coefficient (Wildman–Crippen LogP) is 3.24. The lowest BCUT2D eigenvalue weighted by Crippen LogP contribution is -2.36. The molecular formula is C21H30N2O2. The Morgan fingerprint density at radius 2 is 1.92 bits per heavy atom. The number of benzene rings is 1. The summed E-state index contributed by atoms with van der Waals surface area (Å²) in [5.41, 5.74) is 2.65. The Hall–Kier alpha value is -1.55. The molecule has 3 aliphatic rings. The number of ether oxygens (including phenoxy) is 1. The van der Waals surface area contributed by atoms with Gasteiger partial charge in [-0.2, -0.15) is 0 Å². The van der Waals surface area contributed by atoms with Gasteiger partial charge in [0, 0.05) is 25.6 Å². The lowest BCUT2D eigenvalue weighted by molar-refractivity contribution is -0.133. The SMILES string of the molecule is O=C(C1CC1)N1CCc2cc(OCCCN3CCCCC3)ccc2C1. The minimum absolute atomic E-state index is 0.323. The lowest BCUT2D eigenvalue weighted by atomic mass is 9.99. The Labute approximate surface area is 151 Å². The number of likely N-dealkylation sites (tertiary alicyclic amines) is 1. The van der Waals surface area contributed by atoms with E-state index in [0.717, 1.165) is 57.7 Å². The molecule has 4 heteroatoms. The molecule has 0 bridgehead atoms. The molecule has 0 unspecified atom stereocenters. The highest BCUT2D eigenvalue weighted by atomic mass is 16.5. The van der Waals surface area contributed by atoms with Crippen molar-refractivity contribution in [3.8, 4) is 5.75 Å². The van der Waals surface area contributed by atoms with E-state index in [-0.39, 0.29) is 0 Å². The molecule has 0 spiro atoms. The molecular weight excluding hydrogens is 312 g/mol. The Morgan fingerprint density at radius 1 is 1.08 bits per heavy atom. The van der Waals surface area contributed by atoms with E-state index < -0.39 is 0 Å². The monoisotopic (exact) mass is 342 g/mol. The first-order valence-electron chi connectivity index (χ1n) is 10.1. The molecule has 4 nitrogen and oxygen atoms in total. The van der Waals surface area contributed by atoms with Crippen LogP contribution < -0.4 is 4.74 Å². The second kappa shape index (κ2) is 7.77. The molecule has 1 amide bonds. The van der Waals surface area contributed by atoms with E-state index in [0.29, 0.717) is 11.8 Å². The first-order valence-corrected chi connectivity index (χ1v) is 10.1. The third-order valence-electron chi connectivity index (χ3n) is 5.76. The van der Waals surface area contributed by atoms with E-state index in [9.17, 15) is 4.79 Å². The molecule has 1 aliphatic carbocycles. The fourth-order valence-electron chi connectivity index (χ4n) is 4.06. The zero-order valence-electron chi connectivity index (χ0n) is 15.2. The van der Waals surface area contributed by atoms with Gasteiger partial charge in [-0.25, -0.2) is 0 Å². The fraction of sp³-hybridized carbons (Fsp3) is 0.667. The highest BCUT2D eigenvalue weighted by molar-refractivity contribution is 5.81. The first-order chi connectivity index (χ1) is 12.3. The van der Waals surface area contributed by atoms with Crippen LogP contribution in [-0.2, 0) is 17.8 Å². The first kappa shape index (κ1) is 16.9. The number of nitrogens with zero attached hydrogens (tertiary/aromatic N) is 2. The molecule has 1 aromatic carbocycles. The molecule has 25 heavy (non-hydrogen) atoms. The minimum Gasteiger partial charge on any atom is -0.494 e. The molecule has 0 aromatic heterocycles. The summed E-state index contributed by atoms with van der Waals surface area (Å²) in [5, 5.41) is 0. The third kappa shape index (κ3) is 4.35. The molecule has 136 valence electrons. The number of hydrogen-bond acceptors (Lipinski definition) is 3. The van der Waals surface area contributed by atoms with Gasteiger partial charge in [0.05, 0.1) is 6.61 Å². The van der Waals surface area contributed by atoms with E-state index in [1.54, 1.807) is 0 Å². The van der Waals surface area contributed by atoms with Crippen molar-refractivity contribution in [2.45, 2.75) is 51.5 Å². The maximum Gasteiger partial charge on any atom is 0.225 e. The van der Waals surface area contributed by atoms with Crippen molar-refractivity contribution < 1.29 is 9.53 Å².